The Balaban J connectivity index is 1.72. The molecule has 1 heterocycles. The van der Waals surface area contributed by atoms with E-state index in [9.17, 15) is 34.8 Å². The second-order valence-electron chi connectivity index (χ2n) is 9.43. The number of primary amides is 1. The van der Waals surface area contributed by atoms with Crippen LogP contribution >= 0.6 is 0 Å². The van der Waals surface area contributed by atoms with Crippen molar-refractivity contribution in [3.8, 4) is 17.2 Å². The highest BCUT2D eigenvalue weighted by Gasteiger charge is 2.64. The van der Waals surface area contributed by atoms with Crippen molar-refractivity contribution in [3.05, 3.63) is 58.7 Å². The molecule has 3 aliphatic rings. The van der Waals surface area contributed by atoms with Crippen LogP contribution in [-0.4, -0.2) is 61.3 Å². The molecule has 0 spiro atoms. The van der Waals surface area contributed by atoms with Gasteiger partial charge in [0.05, 0.1) is 11.5 Å². The molecular formula is C26H23N3O9. The summed E-state index contributed by atoms with van der Waals surface area (Å²) >= 11 is 0. The first-order valence-corrected chi connectivity index (χ1v) is 11.5. The first-order chi connectivity index (χ1) is 17.9. The Labute approximate surface area is 215 Å². The van der Waals surface area contributed by atoms with Gasteiger partial charge in [-0.05, 0) is 49.0 Å². The maximum absolute atomic E-state index is 13.8. The number of rotatable bonds is 4. The first-order valence-electron chi connectivity index (χ1n) is 11.5. The third-order valence-electron chi connectivity index (χ3n) is 7.25. The van der Waals surface area contributed by atoms with Crippen LogP contribution in [0.4, 0.5) is 0 Å². The van der Waals surface area contributed by atoms with E-state index in [-0.39, 0.29) is 35.6 Å². The molecule has 0 bridgehead atoms. The van der Waals surface area contributed by atoms with E-state index in [0.717, 1.165) is 7.11 Å². The maximum Gasteiger partial charge on any atom is 0.256 e. The standard InChI is InChI=1S/C26H23N3O9/c1-9(2)14-8-38-25(28-14)11-4-5-15(30)17-12(11)6-10-7-13-19(29-37-3)21(32)18(24(27)35)23(34)26(13,36)22(33)16(10)20(17)31/h4-5,8,10,13,30-32,36H,1,6-7H2,2-3H3,(H2,27,35)/b29-19-/t10-,13-,26-/m0/s1. The number of phenols is 1. The molecule has 1 amide bonds. The summed E-state index contributed by atoms with van der Waals surface area (Å²) in [7, 11) is 1.14. The molecule has 196 valence electrons. The van der Waals surface area contributed by atoms with Crippen LogP contribution in [0.1, 0.15) is 30.2 Å². The van der Waals surface area contributed by atoms with E-state index >= 15 is 0 Å². The van der Waals surface area contributed by atoms with Gasteiger partial charge in [0.25, 0.3) is 5.91 Å². The van der Waals surface area contributed by atoms with Crippen molar-refractivity contribution in [1.29, 1.82) is 0 Å². The normalized spacial score (nSPS) is 25.7. The number of oxazole rings is 1. The van der Waals surface area contributed by atoms with Gasteiger partial charge in [-0.1, -0.05) is 11.7 Å². The third kappa shape index (κ3) is 3.23. The SMILES string of the molecule is C=C(C)c1coc(-c2ccc(O)c3c2C[C@H]2C[C@H]4/C(=N/OC)C(O)=C(C(N)=O)C(=O)[C@@]4(O)C(=O)C2=C3O)n1. The van der Waals surface area contributed by atoms with Crippen LogP contribution in [0.5, 0.6) is 5.75 Å². The van der Waals surface area contributed by atoms with Gasteiger partial charge >= 0.3 is 0 Å². The maximum atomic E-state index is 13.8. The van der Waals surface area contributed by atoms with Crippen LogP contribution in [0.3, 0.4) is 0 Å². The molecule has 0 unspecified atom stereocenters. The molecular weight excluding hydrogens is 498 g/mol. The van der Waals surface area contributed by atoms with E-state index in [4.69, 9.17) is 15.0 Å². The zero-order chi connectivity index (χ0) is 27.7. The van der Waals surface area contributed by atoms with Crippen LogP contribution in [0.15, 0.2) is 51.5 Å². The van der Waals surface area contributed by atoms with Gasteiger partial charge < -0.3 is 35.4 Å². The van der Waals surface area contributed by atoms with Crippen molar-refractivity contribution in [2.24, 2.45) is 22.7 Å². The number of aromatic hydroxyl groups is 1. The summed E-state index contributed by atoms with van der Waals surface area (Å²) in [5.41, 5.74) is 2.55. The number of hydrogen-bond donors (Lipinski definition) is 5. The zero-order valence-corrected chi connectivity index (χ0v) is 20.3. The van der Waals surface area contributed by atoms with Gasteiger partial charge in [-0.3, -0.25) is 14.4 Å². The summed E-state index contributed by atoms with van der Waals surface area (Å²) in [6.45, 7) is 5.58. The highest BCUT2D eigenvalue weighted by Crippen LogP contribution is 2.51. The Morgan fingerprint density at radius 1 is 1.24 bits per heavy atom. The second-order valence-corrected chi connectivity index (χ2v) is 9.43. The van der Waals surface area contributed by atoms with Gasteiger partial charge in [0.15, 0.2) is 11.4 Å². The number of benzene rings is 1. The van der Waals surface area contributed by atoms with Crippen molar-refractivity contribution < 1.29 is 44.1 Å². The Bertz CT molecular complexity index is 1560. The van der Waals surface area contributed by atoms with Crippen molar-refractivity contribution in [2.75, 3.05) is 7.11 Å². The van der Waals surface area contributed by atoms with Crippen LogP contribution in [-0.2, 0) is 25.6 Å². The molecule has 1 aromatic carbocycles. The number of aromatic nitrogens is 1. The lowest BCUT2D eigenvalue weighted by Crippen LogP contribution is -2.64. The van der Waals surface area contributed by atoms with Gasteiger partial charge in [-0.15, -0.1) is 0 Å². The highest BCUT2D eigenvalue weighted by atomic mass is 16.6. The van der Waals surface area contributed by atoms with Crippen molar-refractivity contribution in [1.82, 2.24) is 4.98 Å². The number of aliphatic hydroxyl groups is 3. The van der Waals surface area contributed by atoms with E-state index in [0.29, 0.717) is 22.4 Å². The predicted molar refractivity (Wildman–Crippen MR) is 131 cm³/mol. The molecule has 0 saturated heterocycles. The van der Waals surface area contributed by atoms with E-state index in [2.05, 4.69) is 16.7 Å². The van der Waals surface area contributed by atoms with Crippen LogP contribution in [0.2, 0.25) is 0 Å². The number of hydrogen-bond acceptors (Lipinski definition) is 11. The number of nitrogens with two attached hydrogens (primary N) is 1. The summed E-state index contributed by atoms with van der Waals surface area (Å²) in [6.07, 6.45) is 1.31. The van der Waals surface area contributed by atoms with Crippen molar-refractivity contribution >= 4 is 34.5 Å². The first kappa shape index (κ1) is 25.0. The monoisotopic (exact) mass is 521 g/mol. The zero-order valence-electron chi connectivity index (χ0n) is 20.3. The number of amides is 1. The molecule has 12 nitrogen and oxygen atoms in total. The molecule has 0 radical (unpaired) electrons. The quantitative estimate of drug-likeness (QED) is 0.224. The van der Waals surface area contributed by atoms with Crippen molar-refractivity contribution in [3.63, 3.8) is 0 Å². The van der Waals surface area contributed by atoms with Crippen molar-refractivity contribution in [2.45, 2.75) is 25.4 Å². The molecule has 1 aromatic heterocycles. The fourth-order valence-electron chi connectivity index (χ4n) is 5.49. The lowest BCUT2D eigenvalue weighted by Gasteiger charge is -2.45. The van der Waals surface area contributed by atoms with Gasteiger partial charge in [-0.25, -0.2) is 4.98 Å². The Kier molecular flexibility index (Phi) is 5.53. The number of ketones is 2. The average Bonchev–Trinajstić information content (AvgIpc) is 3.34. The molecule has 1 fully saturated rings. The summed E-state index contributed by atoms with van der Waals surface area (Å²) in [5.74, 6) is -7.92. The van der Waals surface area contributed by atoms with Gasteiger partial charge in [-0.2, -0.15) is 0 Å². The van der Waals surface area contributed by atoms with Gasteiger partial charge in [0, 0.05) is 11.1 Å². The predicted octanol–water partition coefficient (Wildman–Crippen LogP) is 1.72. The number of carbonyl (C=O) groups excluding carboxylic acids is 3. The minimum atomic E-state index is -2.91. The fourth-order valence-corrected chi connectivity index (χ4v) is 5.49. The second kappa shape index (κ2) is 8.42. The number of carbonyl (C=O) groups is 3. The molecule has 0 aliphatic heterocycles. The Hall–Kier alpha value is -4.71. The largest absolute Gasteiger partial charge is 0.507 e. The van der Waals surface area contributed by atoms with E-state index < -0.39 is 57.7 Å². The Morgan fingerprint density at radius 2 is 1.95 bits per heavy atom. The minimum absolute atomic E-state index is 0.0587. The topological polar surface area (TPSA) is 206 Å². The summed E-state index contributed by atoms with van der Waals surface area (Å²) in [4.78, 5) is 48.1. The number of aliphatic hydroxyl groups excluding tert-OH is 2. The number of oxime groups is 1. The number of fused-ring (bicyclic) bond motifs is 3. The smallest absolute Gasteiger partial charge is 0.256 e. The van der Waals surface area contributed by atoms with Gasteiger partial charge in [0.1, 0.15) is 41.9 Å². The van der Waals surface area contributed by atoms with E-state index in [1.54, 1.807) is 13.0 Å². The van der Waals surface area contributed by atoms with E-state index in [1.165, 1.54) is 12.3 Å². The number of allylic oxidation sites excluding steroid dienone is 2. The van der Waals surface area contributed by atoms with Crippen LogP contribution in [0, 0.1) is 11.8 Å². The molecule has 12 heteroatoms. The average molecular weight is 521 g/mol. The number of Topliss-reactive ketones (excluding diaryl/α,β-unsaturated/α-hetero) is 2. The molecule has 3 atom stereocenters. The summed E-state index contributed by atoms with van der Waals surface area (Å²) in [5, 5.41) is 47.7. The molecule has 38 heavy (non-hydrogen) atoms. The minimum Gasteiger partial charge on any atom is -0.507 e. The third-order valence-corrected chi connectivity index (χ3v) is 7.25. The lowest BCUT2D eigenvalue weighted by atomic mass is 9.58. The molecule has 5 rings (SSSR count). The molecule has 2 aromatic rings. The fraction of sp³-hybridized carbons (Fsp3) is 0.269. The molecule has 3 aliphatic carbocycles. The van der Waals surface area contributed by atoms with Crippen LogP contribution < -0.4 is 5.73 Å². The summed E-state index contributed by atoms with van der Waals surface area (Å²) < 4.78 is 5.60. The van der Waals surface area contributed by atoms with Gasteiger partial charge in [0.2, 0.25) is 17.5 Å². The lowest BCUT2D eigenvalue weighted by molar-refractivity contribution is -0.153. The van der Waals surface area contributed by atoms with Crippen LogP contribution in [0.25, 0.3) is 22.8 Å². The summed E-state index contributed by atoms with van der Waals surface area (Å²) in [6, 6.07) is 2.85. The van der Waals surface area contributed by atoms with E-state index in [1.807, 2.05) is 0 Å². The number of nitrogens with zero attached hydrogens (tertiary/aromatic N) is 2. The molecule has 6 N–H and O–H groups in total. The Morgan fingerprint density at radius 3 is 2.55 bits per heavy atom. The number of phenolic OH excluding ortho intramolecular Hbond substituents is 1. The highest BCUT2D eigenvalue weighted by molar-refractivity contribution is 6.38. The molecule has 1 saturated carbocycles.